The molecule has 1 heterocycles. The number of para-hydroxylation sites is 1. The number of likely N-dealkylation sites (tertiary alicyclic amines) is 1. The van der Waals surface area contributed by atoms with E-state index >= 15 is 0 Å². The lowest BCUT2D eigenvalue weighted by molar-refractivity contribution is -0.140. The molecule has 1 fully saturated rings. The summed E-state index contributed by atoms with van der Waals surface area (Å²) in [6.07, 6.45) is 0.501. The third-order valence-corrected chi connectivity index (χ3v) is 5.75. The largest absolute Gasteiger partial charge is 0.507 e. The number of carbonyl (C=O) groups is 2. The van der Waals surface area contributed by atoms with Crippen molar-refractivity contribution in [2.24, 2.45) is 0 Å². The molecule has 33 heavy (non-hydrogen) atoms. The normalized spacial score (nSPS) is 17.4. The average Bonchev–Trinajstić information content (AvgIpc) is 3.08. The summed E-state index contributed by atoms with van der Waals surface area (Å²) in [5.41, 5.74) is 0.738. The molecule has 2 aromatic rings. The number of hydrogen-bond donors (Lipinski definition) is 1. The Morgan fingerprint density at radius 1 is 1.03 bits per heavy atom. The van der Waals surface area contributed by atoms with Gasteiger partial charge in [0.2, 0.25) is 0 Å². The van der Waals surface area contributed by atoms with Gasteiger partial charge in [-0.2, -0.15) is 0 Å². The van der Waals surface area contributed by atoms with Crippen molar-refractivity contribution in [2.75, 3.05) is 41.6 Å². The number of methoxy groups -OCH3 is 4. The molecule has 1 amide bonds. The average molecular weight is 476 g/mol. The van der Waals surface area contributed by atoms with Crippen molar-refractivity contribution >= 4 is 29.1 Å². The van der Waals surface area contributed by atoms with Crippen LogP contribution in [0.2, 0.25) is 5.02 Å². The molecule has 1 aliphatic rings. The van der Waals surface area contributed by atoms with Crippen LogP contribution in [0.5, 0.6) is 17.2 Å². The molecular formula is C24H26ClNO7. The fourth-order valence-electron chi connectivity index (χ4n) is 3.90. The summed E-state index contributed by atoms with van der Waals surface area (Å²) in [4.78, 5) is 27.6. The van der Waals surface area contributed by atoms with Crippen LogP contribution in [0.3, 0.4) is 0 Å². The summed E-state index contributed by atoms with van der Waals surface area (Å²) in [5.74, 6) is -0.732. The Balaban J connectivity index is 2.24. The Labute approximate surface area is 197 Å². The lowest BCUT2D eigenvalue weighted by Gasteiger charge is -2.27. The van der Waals surface area contributed by atoms with Crippen molar-refractivity contribution < 1.29 is 33.6 Å². The number of amides is 1. The molecule has 1 atom stereocenters. The molecule has 9 heteroatoms. The number of aliphatic hydroxyl groups excluding tert-OH is 1. The number of benzene rings is 2. The first-order valence-corrected chi connectivity index (χ1v) is 10.6. The van der Waals surface area contributed by atoms with Crippen molar-refractivity contribution in [1.29, 1.82) is 0 Å². The molecule has 0 bridgehead atoms. The first-order chi connectivity index (χ1) is 15.9. The Kier molecular flexibility index (Phi) is 7.84. The number of halogens is 1. The van der Waals surface area contributed by atoms with Crippen LogP contribution in [0.15, 0.2) is 42.0 Å². The Bertz CT molecular complexity index is 1080. The van der Waals surface area contributed by atoms with Crippen LogP contribution in [0.1, 0.15) is 23.6 Å². The van der Waals surface area contributed by atoms with Crippen LogP contribution in [0.25, 0.3) is 5.76 Å². The minimum atomic E-state index is -0.895. The molecule has 0 radical (unpaired) electrons. The minimum Gasteiger partial charge on any atom is -0.507 e. The van der Waals surface area contributed by atoms with Gasteiger partial charge in [-0.25, -0.2) is 0 Å². The molecule has 0 aromatic heterocycles. The SMILES string of the molecule is COCCCN1C(=O)C(=O)/C(=C(/O)c2ccc(Cl)c(OC)c2)C1c1cccc(OC)c1OC. The highest BCUT2D eigenvalue weighted by atomic mass is 35.5. The Morgan fingerprint density at radius 3 is 2.39 bits per heavy atom. The molecule has 0 saturated carbocycles. The van der Waals surface area contributed by atoms with E-state index in [4.69, 9.17) is 30.5 Å². The number of ether oxygens (including phenoxy) is 4. The summed E-state index contributed by atoms with van der Waals surface area (Å²) >= 11 is 6.11. The second kappa shape index (κ2) is 10.6. The van der Waals surface area contributed by atoms with Crippen LogP contribution in [0, 0.1) is 0 Å². The lowest BCUT2D eigenvalue weighted by Crippen LogP contribution is -2.31. The van der Waals surface area contributed by atoms with E-state index in [1.54, 1.807) is 37.4 Å². The molecule has 176 valence electrons. The predicted octanol–water partition coefficient (Wildman–Crippen LogP) is 3.82. The number of hydrogen-bond acceptors (Lipinski definition) is 7. The van der Waals surface area contributed by atoms with Crippen molar-refractivity contribution in [3.63, 3.8) is 0 Å². The predicted molar refractivity (Wildman–Crippen MR) is 123 cm³/mol. The van der Waals surface area contributed by atoms with Gasteiger partial charge >= 0.3 is 0 Å². The first-order valence-electron chi connectivity index (χ1n) is 10.2. The molecule has 0 spiro atoms. The number of rotatable bonds is 9. The zero-order chi connectivity index (χ0) is 24.1. The molecule has 2 aromatic carbocycles. The third-order valence-electron chi connectivity index (χ3n) is 5.44. The summed E-state index contributed by atoms with van der Waals surface area (Å²) in [6.45, 7) is 0.642. The van der Waals surface area contributed by atoms with E-state index in [0.29, 0.717) is 40.9 Å². The second-order valence-electron chi connectivity index (χ2n) is 7.27. The molecule has 1 unspecified atom stereocenters. The number of aliphatic hydroxyl groups is 1. The molecule has 1 saturated heterocycles. The monoisotopic (exact) mass is 475 g/mol. The molecular weight excluding hydrogens is 450 g/mol. The standard InChI is InChI=1S/C24H26ClNO7/c1-30-12-6-11-26-20(15-7-5-8-17(31-2)23(15)33-4)19(22(28)24(26)29)21(27)14-9-10-16(25)18(13-14)32-3/h5,7-10,13,20,27H,6,11-12H2,1-4H3/b21-19+. The molecule has 1 aliphatic heterocycles. The van der Waals surface area contributed by atoms with Crippen molar-refractivity contribution in [2.45, 2.75) is 12.5 Å². The van der Waals surface area contributed by atoms with E-state index in [-0.39, 0.29) is 23.4 Å². The number of Topliss-reactive ketones (excluding diaryl/α,β-unsaturated/α-hetero) is 1. The zero-order valence-electron chi connectivity index (χ0n) is 18.9. The van der Waals surface area contributed by atoms with Crippen LogP contribution >= 0.6 is 11.6 Å². The van der Waals surface area contributed by atoms with Crippen LogP contribution in [0.4, 0.5) is 0 Å². The van der Waals surface area contributed by atoms with E-state index in [0.717, 1.165) is 0 Å². The maximum absolute atomic E-state index is 13.2. The summed E-state index contributed by atoms with van der Waals surface area (Å²) in [7, 11) is 5.98. The van der Waals surface area contributed by atoms with Gasteiger partial charge in [-0.3, -0.25) is 9.59 Å². The fraction of sp³-hybridized carbons (Fsp3) is 0.333. The highest BCUT2D eigenvalue weighted by molar-refractivity contribution is 6.46. The minimum absolute atomic E-state index is 0.0617. The number of carbonyl (C=O) groups excluding carboxylic acids is 2. The van der Waals surface area contributed by atoms with Gasteiger partial charge in [0, 0.05) is 31.4 Å². The number of nitrogens with zero attached hydrogens (tertiary/aromatic N) is 1. The van der Waals surface area contributed by atoms with Gasteiger partial charge in [-0.15, -0.1) is 0 Å². The first kappa shape index (κ1) is 24.4. The highest BCUT2D eigenvalue weighted by Gasteiger charge is 2.47. The quantitative estimate of drug-likeness (QED) is 0.255. The second-order valence-corrected chi connectivity index (χ2v) is 7.68. The third kappa shape index (κ3) is 4.62. The van der Waals surface area contributed by atoms with Gasteiger partial charge in [0.05, 0.1) is 38.0 Å². The van der Waals surface area contributed by atoms with Gasteiger partial charge in [-0.1, -0.05) is 23.7 Å². The van der Waals surface area contributed by atoms with Crippen molar-refractivity contribution in [3.05, 3.63) is 58.1 Å². The van der Waals surface area contributed by atoms with E-state index in [9.17, 15) is 14.7 Å². The van der Waals surface area contributed by atoms with E-state index < -0.39 is 17.7 Å². The summed E-state index contributed by atoms with van der Waals surface area (Å²) in [6, 6.07) is 8.89. The van der Waals surface area contributed by atoms with Crippen molar-refractivity contribution in [3.8, 4) is 17.2 Å². The van der Waals surface area contributed by atoms with Gasteiger partial charge in [-0.05, 0) is 30.7 Å². The van der Waals surface area contributed by atoms with Gasteiger partial charge in [0.25, 0.3) is 11.7 Å². The van der Waals surface area contributed by atoms with E-state index in [1.165, 1.54) is 32.3 Å². The molecule has 3 rings (SSSR count). The Morgan fingerprint density at radius 2 is 1.76 bits per heavy atom. The van der Waals surface area contributed by atoms with Crippen molar-refractivity contribution in [1.82, 2.24) is 4.90 Å². The topological polar surface area (TPSA) is 94.5 Å². The highest BCUT2D eigenvalue weighted by Crippen LogP contribution is 2.45. The van der Waals surface area contributed by atoms with Crippen LogP contribution in [-0.2, 0) is 14.3 Å². The number of ketones is 1. The molecule has 1 N–H and O–H groups in total. The molecule has 8 nitrogen and oxygen atoms in total. The molecule has 0 aliphatic carbocycles. The van der Waals surface area contributed by atoms with Gasteiger partial charge in [0.15, 0.2) is 11.5 Å². The zero-order valence-corrected chi connectivity index (χ0v) is 19.6. The van der Waals surface area contributed by atoms with E-state index in [2.05, 4.69) is 0 Å². The maximum atomic E-state index is 13.2. The smallest absolute Gasteiger partial charge is 0.295 e. The summed E-state index contributed by atoms with van der Waals surface area (Å²) in [5, 5.41) is 11.6. The lowest BCUT2D eigenvalue weighted by atomic mass is 9.94. The summed E-state index contributed by atoms with van der Waals surface area (Å²) < 4.78 is 21.3. The fourth-order valence-corrected chi connectivity index (χ4v) is 4.10. The Hall–Kier alpha value is -3.23. The van der Waals surface area contributed by atoms with E-state index in [1.807, 2.05) is 0 Å². The van der Waals surface area contributed by atoms with Gasteiger partial charge in [0.1, 0.15) is 11.5 Å². The van der Waals surface area contributed by atoms with Crippen LogP contribution < -0.4 is 14.2 Å². The van der Waals surface area contributed by atoms with Crippen LogP contribution in [-0.4, -0.2) is 63.3 Å². The maximum Gasteiger partial charge on any atom is 0.295 e. The van der Waals surface area contributed by atoms with Gasteiger partial charge < -0.3 is 29.0 Å².